The summed E-state index contributed by atoms with van der Waals surface area (Å²) in [5.41, 5.74) is 1.32. The van der Waals surface area contributed by atoms with E-state index in [0.29, 0.717) is 16.5 Å². The maximum atomic E-state index is 13.1. The van der Waals surface area contributed by atoms with Crippen molar-refractivity contribution in [2.45, 2.75) is 11.8 Å². The third-order valence-electron chi connectivity index (χ3n) is 4.82. The first kappa shape index (κ1) is 20.4. The van der Waals surface area contributed by atoms with Gasteiger partial charge >= 0.3 is 0 Å². The Kier molecular flexibility index (Phi) is 5.31. The maximum absolute atomic E-state index is 13.1. The van der Waals surface area contributed by atoms with Gasteiger partial charge in [-0.3, -0.25) is 4.79 Å². The van der Waals surface area contributed by atoms with E-state index in [4.69, 9.17) is 0 Å². The second-order valence-electron chi connectivity index (χ2n) is 6.92. The molecule has 1 aromatic heterocycles. The van der Waals surface area contributed by atoms with Crippen molar-refractivity contribution < 1.29 is 13.5 Å². The summed E-state index contributed by atoms with van der Waals surface area (Å²) in [6.45, 7) is 1.92. The highest BCUT2D eigenvalue weighted by atomic mass is 32.2. The van der Waals surface area contributed by atoms with Crippen LogP contribution in [0.5, 0.6) is 5.88 Å². The Morgan fingerprint density at radius 1 is 0.903 bits per heavy atom. The van der Waals surface area contributed by atoms with Gasteiger partial charge < -0.3 is 5.11 Å². The lowest BCUT2D eigenvalue weighted by Gasteiger charge is -2.14. The highest BCUT2D eigenvalue weighted by Gasteiger charge is 2.17. The minimum atomic E-state index is -3.87. The Labute approximate surface area is 179 Å². The fraction of sp³-hybridized carbons (Fsp3) is 0.0435. The normalized spacial score (nSPS) is 11.8. The standard InChI is InChI=1S/C23H19N3O4S/c1-16-11-13-17(14-12-16)26-22(27)20-10-6-5-9-19(20)21(23(26)28)15-24-25-31(29,30)18-7-3-2-4-8-18/h2-15,25,28H,1H3/b24-15-. The molecule has 0 atom stereocenters. The zero-order valence-corrected chi connectivity index (χ0v) is 17.4. The number of hydrogen-bond donors (Lipinski definition) is 2. The number of aryl methyl sites for hydroxylation is 1. The number of aromatic nitrogens is 1. The van der Waals surface area contributed by atoms with Crippen molar-refractivity contribution in [3.63, 3.8) is 0 Å². The fourth-order valence-corrected chi connectivity index (χ4v) is 4.05. The van der Waals surface area contributed by atoms with Crippen molar-refractivity contribution in [3.8, 4) is 11.6 Å². The summed E-state index contributed by atoms with van der Waals surface area (Å²) in [6.07, 6.45) is 1.20. The molecule has 8 heteroatoms. The number of fused-ring (bicyclic) bond motifs is 1. The summed E-state index contributed by atoms with van der Waals surface area (Å²) in [5, 5.41) is 15.6. The van der Waals surface area contributed by atoms with Gasteiger partial charge in [-0.05, 0) is 37.3 Å². The molecule has 0 aliphatic rings. The Hall–Kier alpha value is -3.91. The first-order valence-corrected chi connectivity index (χ1v) is 10.9. The van der Waals surface area contributed by atoms with E-state index >= 15 is 0 Å². The van der Waals surface area contributed by atoms with Crippen LogP contribution in [-0.2, 0) is 10.0 Å². The van der Waals surface area contributed by atoms with E-state index in [2.05, 4.69) is 9.93 Å². The van der Waals surface area contributed by atoms with Gasteiger partial charge in [0, 0.05) is 10.8 Å². The molecule has 4 rings (SSSR count). The van der Waals surface area contributed by atoms with Crippen molar-refractivity contribution in [2.75, 3.05) is 0 Å². The van der Waals surface area contributed by atoms with Crippen LogP contribution in [0.3, 0.4) is 0 Å². The van der Waals surface area contributed by atoms with Crippen molar-refractivity contribution in [1.29, 1.82) is 0 Å². The minimum absolute atomic E-state index is 0.0610. The number of rotatable bonds is 5. The molecule has 0 amide bonds. The maximum Gasteiger partial charge on any atom is 0.276 e. The number of hydrazone groups is 1. The molecule has 0 spiro atoms. The number of sulfonamides is 1. The van der Waals surface area contributed by atoms with E-state index in [1.807, 2.05) is 19.1 Å². The summed E-state index contributed by atoms with van der Waals surface area (Å²) < 4.78 is 26.0. The minimum Gasteiger partial charge on any atom is -0.494 e. The average molecular weight is 433 g/mol. The zero-order chi connectivity index (χ0) is 22.0. The van der Waals surface area contributed by atoms with Crippen molar-refractivity contribution >= 4 is 27.0 Å². The van der Waals surface area contributed by atoms with Gasteiger partial charge in [0.05, 0.1) is 22.4 Å². The van der Waals surface area contributed by atoms with Crippen molar-refractivity contribution in [3.05, 3.63) is 100 Å². The molecular weight excluding hydrogens is 414 g/mol. The molecule has 31 heavy (non-hydrogen) atoms. The molecule has 1 heterocycles. The van der Waals surface area contributed by atoms with Gasteiger partial charge in [0.2, 0.25) is 5.88 Å². The first-order valence-electron chi connectivity index (χ1n) is 9.42. The molecule has 156 valence electrons. The number of nitrogens with zero attached hydrogens (tertiary/aromatic N) is 2. The van der Waals surface area contributed by atoms with Crippen LogP contribution in [0.15, 0.2) is 93.7 Å². The van der Waals surface area contributed by atoms with Gasteiger partial charge in [0.1, 0.15) is 0 Å². The fourth-order valence-electron chi connectivity index (χ4n) is 3.24. The molecule has 0 aliphatic heterocycles. The Morgan fingerprint density at radius 2 is 1.52 bits per heavy atom. The topological polar surface area (TPSA) is 101 Å². The molecule has 0 aliphatic carbocycles. The predicted octanol–water partition coefficient (Wildman–Crippen LogP) is 3.32. The first-order chi connectivity index (χ1) is 14.9. The summed E-state index contributed by atoms with van der Waals surface area (Å²) >= 11 is 0. The molecule has 0 saturated carbocycles. The van der Waals surface area contributed by atoms with E-state index in [0.717, 1.165) is 5.56 Å². The SMILES string of the molecule is Cc1ccc(-n2c(O)c(/C=N\NS(=O)(=O)c3ccccc3)c3ccccc3c2=O)cc1. The lowest BCUT2D eigenvalue weighted by molar-refractivity contribution is 0.436. The van der Waals surface area contributed by atoms with Gasteiger partial charge in [-0.15, -0.1) is 0 Å². The van der Waals surface area contributed by atoms with Crippen LogP contribution in [0.4, 0.5) is 0 Å². The van der Waals surface area contributed by atoms with Crippen LogP contribution >= 0.6 is 0 Å². The molecular formula is C23H19N3O4S. The summed E-state index contributed by atoms with van der Waals surface area (Å²) in [7, 11) is -3.87. The summed E-state index contributed by atoms with van der Waals surface area (Å²) in [4.78, 5) is 15.3. The third-order valence-corrected chi connectivity index (χ3v) is 6.05. The number of pyridine rings is 1. The smallest absolute Gasteiger partial charge is 0.276 e. The number of aromatic hydroxyl groups is 1. The molecule has 0 unspecified atom stereocenters. The molecule has 3 aromatic carbocycles. The van der Waals surface area contributed by atoms with Crippen LogP contribution in [0.2, 0.25) is 0 Å². The van der Waals surface area contributed by atoms with Crippen molar-refractivity contribution in [1.82, 2.24) is 9.40 Å². The van der Waals surface area contributed by atoms with Crippen LogP contribution in [0.1, 0.15) is 11.1 Å². The van der Waals surface area contributed by atoms with Crippen LogP contribution in [-0.4, -0.2) is 24.3 Å². The molecule has 0 bridgehead atoms. The predicted molar refractivity (Wildman–Crippen MR) is 120 cm³/mol. The highest BCUT2D eigenvalue weighted by molar-refractivity contribution is 7.89. The monoisotopic (exact) mass is 433 g/mol. The van der Waals surface area contributed by atoms with E-state index in [1.54, 1.807) is 54.6 Å². The Bertz CT molecular complexity index is 1440. The van der Waals surface area contributed by atoms with E-state index in [1.165, 1.54) is 22.9 Å². The van der Waals surface area contributed by atoms with E-state index < -0.39 is 10.0 Å². The van der Waals surface area contributed by atoms with Gasteiger partial charge in [-0.25, -0.2) is 9.40 Å². The number of benzene rings is 3. The largest absolute Gasteiger partial charge is 0.494 e. The quantitative estimate of drug-likeness (QED) is 0.372. The van der Waals surface area contributed by atoms with Gasteiger partial charge in [-0.1, -0.05) is 54.1 Å². The molecule has 0 fully saturated rings. The van der Waals surface area contributed by atoms with Crippen LogP contribution < -0.4 is 10.4 Å². The Morgan fingerprint density at radius 3 is 2.19 bits per heavy atom. The second kappa shape index (κ2) is 8.08. The molecule has 4 aromatic rings. The van der Waals surface area contributed by atoms with Gasteiger partial charge in [0.25, 0.3) is 15.6 Å². The van der Waals surface area contributed by atoms with Gasteiger partial charge in [-0.2, -0.15) is 13.5 Å². The molecule has 7 nitrogen and oxygen atoms in total. The third kappa shape index (κ3) is 3.93. The lowest BCUT2D eigenvalue weighted by atomic mass is 10.1. The average Bonchev–Trinajstić information content (AvgIpc) is 2.78. The summed E-state index contributed by atoms with van der Waals surface area (Å²) in [6, 6.07) is 21.7. The highest BCUT2D eigenvalue weighted by Crippen LogP contribution is 2.26. The van der Waals surface area contributed by atoms with E-state index in [-0.39, 0.29) is 21.9 Å². The zero-order valence-electron chi connectivity index (χ0n) is 16.6. The van der Waals surface area contributed by atoms with Gasteiger partial charge in [0.15, 0.2) is 0 Å². The van der Waals surface area contributed by atoms with Crippen LogP contribution in [0, 0.1) is 6.92 Å². The molecule has 2 N–H and O–H groups in total. The summed E-state index contributed by atoms with van der Waals surface area (Å²) in [5.74, 6) is -0.338. The van der Waals surface area contributed by atoms with E-state index in [9.17, 15) is 18.3 Å². The number of nitrogens with one attached hydrogen (secondary N) is 1. The molecule has 0 saturated heterocycles. The molecule has 0 radical (unpaired) electrons. The second-order valence-corrected chi connectivity index (χ2v) is 8.59. The number of hydrogen-bond acceptors (Lipinski definition) is 5. The van der Waals surface area contributed by atoms with Crippen molar-refractivity contribution in [2.24, 2.45) is 5.10 Å². The Balaban J connectivity index is 1.83. The lowest BCUT2D eigenvalue weighted by Crippen LogP contribution is -2.21. The van der Waals surface area contributed by atoms with Crippen LogP contribution in [0.25, 0.3) is 16.5 Å².